The van der Waals surface area contributed by atoms with E-state index in [1.807, 2.05) is 105 Å². The molecule has 4 amide bonds. The molecule has 7 N–H and O–H groups in total. The smallest absolute Gasteiger partial charge is 0.408 e. The molecule has 54 heavy (non-hydrogen) atoms. The van der Waals surface area contributed by atoms with Gasteiger partial charge in [0, 0.05) is 23.7 Å². The van der Waals surface area contributed by atoms with Gasteiger partial charge >= 0.3 is 6.09 Å². The van der Waals surface area contributed by atoms with Crippen LogP contribution < -0.4 is 26.6 Å². The van der Waals surface area contributed by atoms with Crippen LogP contribution in [0.3, 0.4) is 0 Å². The van der Waals surface area contributed by atoms with Crippen LogP contribution in [0.2, 0.25) is 0 Å². The van der Waals surface area contributed by atoms with Crippen LogP contribution >= 0.6 is 0 Å². The molecular weight excluding hydrogens is 688 g/mol. The molecule has 0 saturated carbocycles. The molecule has 1 aliphatic heterocycles. The number of anilines is 1. The van der Waals surface area contributed by atoms with Gasteiger partial charge in [-0.15, -0.1) is 0 Å². The summed E-state index contributed by atoms with van der Waals surface area (Å²) in [6.07, 6.45) is 0.475. The lowest BCUT2D eigenvalue weighted by Gasteiger charge is -2.32. The third kappa shape index (κ3) is 11.0. The minimum Gasteiger partial charge on any atom is -0.445 e. The minimum atomic E-state index is -1.28. The number of amides is 4. The summed E-state index contributed by atoms with van der Waals surface area (Å²) in [5.41, 5.74) is 8.12. The number of aliphatic hydroxyl groups excluding tert-OH is 2. The molecule has 3 aromatic carbocycles. The Hall–Kier alpha value is -4.98. The zero-order valence-corrected chi connectivity index (χ0v) is 31.9. The van der Waals surface area contributed by atoms with Gasteiger partial charge in [-0.05, 0) is 35.8 Å². The number of rotatable bonds is 18. The molecule has 292 valence electrons. The van der Waals surface area contributed by atoms with Gasteiger partial charge in [0.25, 0.3) is 0 Å². The number of carbonyl (C=O) groups is 4. The Labute approximate surface area is 317 Å². The monoisotopic (exact) mass is 744 g/mol. The summed E-state index contributed by atoms with van der Waals surface area (Å²) >= 11 is 0. The second-order valence-corrected chi connectivity index (χ2v) is 14.2. The average molecular weight is 745 g/mol. The van der Waals surface area contributed by atoms with Crippen molar-refractivity contribution in [3.8, 4) is 0 Å². The van der Waals surface area contributed by atoms with Crippen LogP contribution in [-0.2, 0) is 25.7 Å². The third-order valence-corrected chi connectivity index (χ3v) is 10.2. The number of alkyl carbamates (subject to hydrolysis) is 1. The summed E-state index contributed by atoms with van der Waals surface area (Å²) in [6.45, 7) is 9.11. The lowest BCUT2D eigenvalue weighted by molar-refractivity contribution is -0.129. The second kappa shape index (κ2) is 19.9. The van der Waals surface area contributed by atoms with Crippen molar-refractivity contribution in [2.24, 2.45) is 17.6 Å². The van der Waals surface area contributed by atoms with E-state index in [4.69, 9.17) is 10.5 Å². The number of aliphatic hydroxyl groups is 2. The number of fused-ring (bicyclic) bond motifs is 1. The molecule has 0 spiro atoms. The fourth-order valence-corrected chi connectivity index (χ4v) is 6.46. The van der Waals surface area contributed by atoms with E-state index >= 15 is 0 Å². The van der Waals surface area contributed by atoms with E-state index in [0.29, 0.717) is 12.1 Å². The fourth-order valence-electron chi connectivity index (χ4n) is 6.46. The summed E-state index contributed by atoms with van der Waals surface area (Å²) < 4.78 is 5.52. The molecule has 0 radical (unpaired) electrons. The molecule has 0 bridgehead atoms. The van der Waals surface area contributed by atoms with Crippen LogP contribution in [-0.4, -0.2) is 82.5 Å². The molecule has 0 aliphatic carbocycles. The van der Waals surface area contributed by atoms with Crippen LogP contribution in [0.5, 0.6) is 0 Å². The summed E-state index contributed by atoms with van der Waals surface area (Å²) in [5, 5.41) is 31.6. The maximum Gasteiger partial charge on any atom is 0.408 e. The molecule has 13 nitrogen and oxygen atoms in total. The van der Waals surface area contributed by atoms with Crippen molar-refractivity contribution in [3.63, 3.8) is 0 Å². The van der Waals surface area contributed by atoms with Gasteiger partial charge in [-0.1, -0.05) is 107 Å². The first kappa shape index (κ1) is 41.8. The van der Waals surface area contributed by atoms with Gasteiger partial charge in [0.05, 0.1) is 42.9 Å². The van der Waals surface area contributed by atoms with E-state index in [0.717, 1.165) is 28.4 Å². The van der Waals surface area contributed by atoms with Gasteiger partial charge in [0.2, 0.25) is 17.7 Å². The van der Waals surface area contributed by atoms with Crippen molar-refractivity contribution >= 4 is 40.3 Å². The SMILES string of the molecule is CCC(C)[C@H](NC(=O)[C@H](CC1=CN(C(=O)[C@H](C)N)CN1c1cccc2ccccc12)NC(=O)OCc1ccccc1)[C@@H](O)CC(=O)N[C@H](CO)[C@@H](C)CC. The van der Waals surface area contributed by atoms with Gasteiger partial charge in [0.15, 0.2) is 0 Å². The maximum absolute atomic E-state index is 14.3. The van der Waals surface area contributed by atoms with E-state index in [9.17, 15) is 29.4 Å². The minimum absolute atomic E-state index is 0.0206. The number of hydrogen-bond acceptors (Lipinski definition) is 9. The van der Waals surface area contributed by atoms with Gasteiger partial charge in [-0.3, -0.25) is 19.3 Å². The largest absolute Gasteiger partial charge is 0.445 e. The van der Waals surface area contributed by atoms with Crippen LogP contribution in [0.15, 0.2) is 84.7 Å². The number of carbonyl (C=O) groups excluding carboxylic acids is 4. The van der Waals surface area contributed by atoms with E-state index in [-0.39, 0.29) is 50.5 Å². The average Bonchev–Trinajstić information content (AvgIpc) is 3.60. The van der Waals surface area contributed by atoms with E-state index in [1.54, 1.807) is 13.1 Å². The Kier molecular flexibility index (Phi) is 15.4. The zero-order chi connectivity index (χ0) is 39.4. The van der Waals surface area contributed by atoms with Crippen LogP contribution in [0.25, 0.3) is 10.8 Å². The molecule has 0 fully saturated rings. The number of benzene rings is 3. The zero-order valence-electron chi connectivity index (χ0n) is 31.9. The highest BCUT2D eigenvalue weighted by molar-refractivity contribution is 5.96. The highest BCUT2D eigenvalue weighted by Crippen LogP contribution is 2.34. The Morgan fingerprint density at radius 3 is 2.20 bits per heavy atom. The molecule has 1 heterocycles. The Morgan fingerprint density at radius 1 is 0.870 bits per heavy atom. The van der Waals surface area contributed by atoms with E-state index in [1.165, 1.54) is 4.90 Å². The predicted molar refractivity (Wildman–Crippen MR) is 209 cm³/mol. The normalized spacial score (nSPS) is 16.7. The number of nitrogens with zero attached hydrogens (tertiary/aromatic N) is 2. The van der Waals surface area contributed by atoms with Gasteiger partial charge in [-0.2, -0.15) is 0 Å². The van der Waals surface area contributed by atoms with Crippen LogP contribution in [0.4, 0.5) is 10.5 Å². The van der Waals surface area contributed by atoms with Gasteiger partial charge in [-0.25, -0.2) is 4.79 Å². The summed E-state index contributed by atoms with van der Waals surface area (Å²) in [6, 6.07) is 19.4. The molecule has 4 rings (SSSR count). The molecule has 3 aromatic rings. The van der Waals surface area contributed by atoms with Crippen LogP contribution in [0, 0.1) is 11.8 Å². The quantitative estimate of drug-likeness (QED) is 0.111. The van der Waals surface area contributed by atoms with Gasteiger partial charge < -0.3 is 41.5 Å². The molecule has 13 heteroatoms. The molecule has 0 saturated heterocycles. The highest BCUT2D eigenvalue weighted by atomic mass is 16.5. The first-order valence-corrected chi connectivity index (χ1v) is 18.7. The standard InChI is InChI=1S/C41H56N6O7/c1-6-26(3)34(23-48)43-37(50)21-36(49)38(27(4)7-2)45-39(51)33(44-41(53)54-24-29-14-9-8-10-15-29)20-31-22-46(40(52)28(5)42)25-47(31)35-19-13-17-30-16-11-12-18-32(30)35/h8-19,22,26-28,33-34,36,38,48-49H,6-7,20-21,23-25,42H2,1-5H3,(H,43,50)(H,44,53)(H,45,51)/t26-,27?,28-,33-,34+,36-,38-/m0/s1. The Morgan fingerprint density at radius 2 is 1.54 bits per heavy atom. The summed E-state index contributed by atoms with van der Waals surface area (Å²) in [5.74, 6) is -1.62. The van der Waals surface area contributed by atoms with E-state index in [2.05, 4.69) is 16.0 Å². The summed E-state index contributed by atoms with van der Waals surface area (Å²) in [4.78, 5) is 57.3. The highest BCUT2D eigenvalue weighted by Gasteiger charge is 2.35. The van der Waals surface area contributed by atoms with Crippen molar-refractivity contribution in [1.29, 1.82) is 0 Å². The Balaban J connectivity index is 1.64. The van der Waals surface area contributed by atoms with Crippen molar-refractivity contribution in [2.75, 3.05) is 18.2 Å². The topological polar surface area (TPSA) is 187 Å². The second-order valence-electron chi connectivity index (χ2n) is 14.2. The third-order valence-electron chi connectivity index (χ3n) is 10.2. The number of nitrogens with one attached hydrogen (secondary N) is 3. The maximum atomic E-state index is 14.3. The first-order valence-electron chi connectivity index (χ1n) is 18.7. The summed E-state index contributed by atoms with van der Waals surface area (Å²) in [7, 11) is 0. The number of nitrogens with two attached hydrogens (primary N) is 1. The van der Waals surface area contributed by atoms with Crippen molar-refractivity contribution in [3.05, 3.63) is 90.3 Å². The van der Waals surface area contributed by atoms with Gasteiger partial charge in [0.1, 0.15) is 19.3 Å². The van der Waals surface area contributed by atoms with Crippen molar-refractivity contribution < 1.29 is 34.1 Å². The fraction of sp³-hybridized carbons (Fsp3) is 0.463. The molecule has 1 unspecified atom stereocenters. The lowest BCUT2D eigenvalue weighted by Crippen LogP contribution is -2.55. The van der Waals surface area contributed by atoms with Crippen LogP contribution in [0.1, 0.15) is 65.9 Å². The predicted octanol–water partition coefficient (Wildman–Crippen LogP) is 4.12. The number of ether oxygens (including phenoxy) is 1. The molecule has 7 atom stereocenters. The first-order chi connectivity index (χ1) is 25.9. The van der Waals surface area contributed by atoms with Crippen molar-refractivity contribution in [2.45, 2.75) is 97.2 Å². The van der Waals surface area contributed by atoms with Crippen molar-refractivity contribution in [1.82, 2.24) is 20.9 Å². The lowest BCUT2D eigenvalue weighted by atomic mass is 9.91. The molecular formula is C41H56N6O7. The van der Waals surface area contributed by atoms with E-state index < -0.39 is 48.2 Å². The molecule has 1 aliphatic rings. The number of hydrogen-bond donors (Lipinski definition) is 6. The molecule has 0 aromatic heterocycles. The Bertz CT molecular complexity index is 1750.